The van der Waals surface area contributed by atoms with Gasteiger partial charge >= 0.3 is 0 Å². The number of pyridine rings is 1. The van der Waals surface area contributed by atoms with Gasteiger partial charge in [-0.1, -0.05) is 37.1 Å². The fourth-order valence-corrected chi connectivity index (χ4v) is 8.25. The normalized spacial score (nSPS) is 18.0. The molecule has 46 heavy (non-hydrogen) atoms. The quantitative estimate of drug-likeness (QED) is 0.152. The molecule has 0 spiro atoms. The topological polar surface area (TPSA) is 52.2 Å². The van der Waals surface area contributed by atoms with Crippen molar-refractivity contribution < 1.29 is 4.79 Å². The molecule has 2 bridgehead atoms. The molecule has 2 aliphatic rings. The Morgan fingerprint density at radius 1 is 0.913 bits per heavy atom. The first kappa shape index (κ1) is 32.5. The number of unbranched alkanes of at least 4 members (excludes halogenated alkanes) is 1. The number of carbonyl (C=O) groups excluding carboxylic acids is 1. The van der Waals surface area contributed by atoms with Crippen molar-refractivity contribution in [1.29, 1.82) is 0 Å². The van der Waals surface area contributed by atoms with Gasteiger partial charge in [-0.15, -0.1) is 0 Å². The Morgan fingerprint density at radius 2 is 1.59 bits per heavy atom. The van der Waals surface area contributed by atoms with Crippen molar-refractivity contribution in [2.24, 2.45) is 5.92 Å². The van der Waals surface area contributed by atoms with Crippen molar-refractivity contribution in [3.8, 4) is 11.3 Å². The van der Waals surface area contributed by atoms with Crippen molar-refractivity contribution >= 4 is 16.8 Å². The minimum absolute atomic E-state index is 0.304. The van der Waals surface area contributed by atoms with Crippen LogP contribution >= 0.6 is 0 Å². The zero-order valence-electron chi connectivity index (χ0n) is 29.0. The van der Waals surface area contributed by atoms with Gasteiger partial charge in [0.25, 0.3) is 0 Å². The Hall–Kier alpha value is -3.44. The molecule has 4 aromatic rings. The van der Waals surface area contributed by atoms with Crippen LogP contribution in [0.25, 0.3) is 22.2 Å². The third-order valence-electron chi connectivity index (χ3n) is 10.6. The molecule has 0 radical (unpaired) electrons. The zero-order chi connectivity index (χ0) is 32.4. The van der Waals surface area contributed by atoms with Gasteiger partial charge in [-0.3, -0.25) is 9.78 Å². The van der Waals surface area contributed by atoms with Gasteiger partial charge in [0.1, 0.15) is 0 Å². The summed E-state index contributed by atoms with van der Waals surface area (Å²) < 4.78 is 0. The molecule has 0 unspecified atom stereocenters. The molecule has 0 atom stereocenters. The van der Waals surface area contributed by atoms with Crippen molar-refractivity contribution in [3.05, 3.63) is 88.7 Å². The lowest BCUT2D eigenvalue weighted by molar-refractivity contribution is -0.137. The Morgan fingerprint density at radius 3 is 2.24 bits per heavy atom. The fourth-order valence-electron chi connectivity index (χ4n) is 8.25. The van der Waals surface area contributed by atoms with Gasteiger partial charge in [-0.2, -0.15) is 0 Å². The highest BCUT2D eigenvalue weighted by atomic mass is 16.2. The number of H-pyrrole nitrogens is 1. The zero-order valence-corrected chi connectivity index (χ0v) is 29.0. The largest absolute Gasteiger partial charge is 0.354 e. The number of carbonyl (C=O) groups is 1. The third kappa shape index (κ3) is 6.95. The summed E-state index contributed by atoms with van der Waals surface area (Å²) in [6.07, 6.45) is 12.9. The minimum atomic E-state index is -0.563. The number of fused-ring (bicyclic) bond motifs is 3. The number of amides is 1. The predicted molar refractivity (Wildman–Crippen MR) is 191 cm³/mol. The van der Waals surface area contributed by atoms with Gasteiger partial charge < -0.3 is 14.8 Å². The van der Waals surface area contributed by atoms with Crippen molar-refractivity contribution in [2.75, 3.05) is 19.6 Å². The van der Waals surface area contributed by atoms with Gasteiger partial charge in [0.05, 0.1) is 5.41 Å². The van der Waals surface area contributed by atoms with E-state index in [4.69, 9.17) is 0 Å². The summed E-state index contributed by atoms with van der Waals surface area (Å²) in [4.78, 5) is 27.0. The van der Waals surface area contributed by atoms with E-state index in [0.29, 0.717) is 23.9 Å². The smallest absolute Gasteiger partial charge is 0.233 e. The van der Waals surface area contributed by atoms with E-state index in [1.54, 1.807) is 0 Å². The second kappa shape index (κ2) is 13.7. The highest BCUT2D eigenvalue weighted by Gasteiger charge is 2.47. The van der Waals surface area contributed by atoms with E-state index in [9.17, 15) is 4.79 Å². The number of hydrogen-bond donors (Lipinski definition) is 1. The molecular weight excluding hydrogens is 564 g/mol. The van der Waals surface area contributed by atoms with Crippen LogP contribution in [-0.2, 0) is 23.1 Å². The van der Waals surface area contributed by atoms with E-state index in [-0.39, 0.29) is 0 Å². The number of benzene rings is 2. The van der Waals surface area contributed by atoms with Crippen molar-refractivity contribution in [2.45, 2.75) is 110 Å². The summed E-state index contributed by atoms with van der Waals surface area (Å²) in [6, 6.07) is 18.8. The average Bonchev–Trinajstić information content (AvgIpc) is 3.73. The summed E-state index contributed by atoms with van der Waals surface area (Å²) >= 11 is 0. The van der Waals surface area contributed by atoms with Gasteiger partial charge in [0.2, 0.25) is 5.91 Å². The lowest BCUT2D eigenvalue weighted by Gasteiger charge is -2.33. The van der Waals surface area contributed by atoms with Crippen LogP contribution in [0.2, 0.25) is 0 Å². The van der Waals surface area contributed by atoms with Crippen LogP contribution in [0.4, 0.5) is 0 Å². The highest BCUT2D eigenvalue weighted by molar-refractivity contribution is 5.94. The molecule has 2 aromatic heterocycles. The number of nitrogens with zero attached hydrogens (tertiary/aromatic N) is 3. The predicted octanol–water partition coefficient (Wildman–Crippen LogP) is 8.80. The van der Waals surface area contributed by atoms with E-state index in [0.717, 1.165) is 43.6 Å². The second-order valence-corrected chi connectivity index (χ2v) is 15.2. The number of aryl methyl sites for hydroxylation is 3. The molecule has 6 rings (SSSR count). The standard InChI is InChI=1S/C41H54N4O/c1-28(2)27-44(21-8-7-9-31-16-19-42-20-17-31)22-18-36-37-26-33(41(5,6)40(46)45-34-11-12-35(45)14-13-34)10-15-38(37)43-39(36)32-24-29(3)23-30(4)25-32/h10,15-17,19-20,23-26,28,34-35,43H,7-9,11-14,18,21-22,27H2,1-6H3. The van der Waals surface area contributed by atoms with Crippen LogP contribution in [0.5, 0.6) is 0 Å². The second-order valence-electron chi connectivity index (χ2n) is 15.2. The van der Waals surface area contributed by atoms with Crippen LogP contribution < -0.4 is 0 Å². The maximum Gasteiger partial charge on any atom is 0.233 e. The third-order valence-corrected chi connectivity index (χ3v) is 10.6. The SMILES string of the molecule is Cc1cc(C)cc(-c2[nH]c3ccc(C(C)(C)C(=O)N4C5CCC4CC5)cc3c2CCN(CCCCc2ccncc2)CC(C)C)c1. The Balaban J connectivity index is 1.28. The van der Waals surface area contributed by atoms with Crippen molar-refractivity contribution in [3.63, 3.8) is 0 Å². The lowest BCUT2D eigenvalue weighted by Crippen LogP contribution is -2.45. The summed E-state index contributed by atoms with van der Waals surface area (Å²) in [6.45, 7) is 16.5. The monoisotopic (exact) mass is 618 g/mol. The molecule has 244 valence electrons. The summed E-state index contributed by atoms with van der Waals surface area (Å²) in [5, 5.41) is 1.26. The van der Waals surface area contributed by atoms with Gasteiger partial charge in [-0.05, 0) is 150 Å². The molecule has 4 heterocycles. The number of nitrogens with one attached hydrogen (secondary N) is 1. The van der Waals surface area contributed by atoms with Crippen LogP contribution in [0.1, 0.15) is 94.0 Å². The average molecular weight is 619 g/mol. The Labute approximate surface area is 276 Å². The maximum atomic E-state index is 14.1. The van der Waals surface area contributed by atoms with E-state index in [2.05, 4.69) is 110 Å². The van der Waals surface area contributed by atoms with Crippen LogP contribution in [0.3, 0.4) is 0 Å². The number of aromatic amines is 1. The molecule has 0 aliphatic carbocycles. The van der Waals surface area contributed by atoms with Gasteiger partial charge in [0, 0.05) is 54.2 Å². The molecule has 5 heteroatoms. The molecule has 2 aliphatic heterocycles. The minimum Gasteiger partial charge on any atom is -0.354 e. The molecule has 1 N–H and O–H groups in total. The molecule has 1 amide bonds. The molecule has 2 fully saturated rings. The van der Waals surface area contributed by atoms with E-state index in [1.165, 1.54) is 77.4 Å². The summed E-state index contributed by atoms with van der Waals surface area (Å²) in [5.74, 6) is 0.916. The van der Waals surface area contributed by atoms with E-state index >= 15 is 0 Å². The van der Waals surface area contributed by atoms with Crippen LogP contribution in [0.15, 0.2) is 60.9 Å². The van der Waals surface area contributed by atoms with E-state index in [1.807, 2.05) is 12.4 Å². The van der Waals surface area contributed by atoms with Crippen molar-refractivity contribution in [1.82, 2.24) is 19.8 Å². The molecule has 5 nitrogen and oxygen atoms in total. The molecule has 2 saturated heterocycles. The first-order chi connectivity index (χ1) is 22.1. The van der Waals surface area contributed by atoms with Crippen LogP contribution in [0, 0.1) is 19.8 Å². The Kier molecular flexibility index (Phi) is 9.70. The van der Waals surface area contributed by atoms with E-state index < -0.39 is 5.41 Å². The first-order valence-corrected chi connectivity index (χ1v) is 17.8. The van der Waals surface area contributed by atoms with Crippen LogP contribution in [-0.4, -0.2) is 57.4 Å². The summed E-state index contributed by atoms with van der Waals surface area (Å²) in [5.41, 5.74) is 9.50. The summed E-state index contributed by atoms with van der Waals surface area (Å²) in [7, 11) is 0. The highest BCUT2D eigenvalue weighted by Crippen LogP contribution is 2.42. The molecule has 2 aromatic carbocycles. The van der Waals surface area contributed by atoms with Gasteiger partial charge in [0.15, 0.2) is 0 Å². The Bertz CT molecular complexity index is 1610. The number of rotatable bonds is 13. The maximum absolute atomic E-state index is 14.1. The lowest BCUT2D eigenvalue weighted by atomic mass is 9.82. The molecular formula is C41H54N4O. The fraction of sp³-hybridized carbons (Fsp3) is 0.512. The number of aromatic nitrogens is 2. The molecule has 0 saturated carbocycles. The first-order valence-electron chi connectivity index (χ1n) is 17.8. The number of hydrogen-bond acceptors (Lipinski definition) is 3. The van der Waals surface area contributed by atoms with Gasteiger partial charge in [-0.25, -0.2) is 0 Å².